The van der Waals surface area contributed by atoms with Gasteiger partial charge in [0.2, 0.25) is 0 Å². The van der Waals surface area contributed by atoms with Gasteiger partial charge in [-0.1, -0.05) is 53.2 Å². The number of allylic oxidation sites excluding steroid dienone is 2. The van der Waals surface area contributed by atoms with Crippen LogP contribution in [0.3, 0.4) is 0 Å². The highest BCUT2D eigenvalue weighted by molar-refractivity contribution is 5.76. The molecule has 6 heteroatoms. The molecule has 5 aliphatic carbocycles. The molecular weight excluding hydrogens is 456 g/mol. The number of carboxylic acid groups (broad SMARTS) is 1. The van der Waals surface area contributed by atoms with Crippen molar-refractivity contribution < 1.29 is 30.3 Å². The smallest absolute Gasteiger partial charge is 0.310 e. The molecular formula is C30H48O6. The van der Waals surface area contributed by atoms with Crippen molar-refractivity contribution in [3.63, 3.8) is 0 Å². The summed E-state index contributed by atoms with van der Waals surface area (Å²) in [4.78, 5) is 12.8. The van der Waals surface area contributed by atoms with Gasteiger partial charge in [0.05, 0.1) is 30.3 Å². The van der Waals surface area contributed by atoms with Crippen molar-refractivity contribution in [2.24, 2.45) is 56.7 Å². The summed E-state index contributed by atoms with van der Waals surface area (Å²) in [6.07, 6.45) is 4.44. The SMILES string of the molecule is C[C@@H]1[C@H]2C3=CC[C@@H]4[C@@]5(C)C[C@H](O)[C@H](O)[C@](C)(CO)[C@@H]5[C@H](O)C[C@@]4(C)[C@]3(C)CC[C@@]2(C(=O)O)CC[C@@H]1C. The second kappa shape index (κ2) is 8.03. The van der Waals surface area contributed by atoms with Crippen LogP contribution < -0.4 is 0 Å². The normalized spacial score (nSPS) is 58.6. The summed E-state index contributed by atoms with van der Waals surface area (Å²) >= 11 is 0. The number of fused-ring (bicyclic) bond motifs is 7. The van der Waals surface area contributed by atoms with Gasteiger partial charge in [0.25, 0.3) is 0 Å². The molecule has 0 radical (unpaired) electrons. The minimum absolute atomic E-state index is 0.000534. The first-order valence-electron chi connectivity index (χ1n) is 14.2. The first kappa shape index (κ1) is 26.6. The number of aliphatic carboxylic acids is 1. The van der Waals surface area contributed by atoms with E-state index in [0.717, 1.165) is 25.7 Å². The minimum atomic E-state index is -1.08. The quantitative estimate of drug-likeness (QED) is 0.363. The lowest BCUT2D eigenvalue weighted by atomic mass is 9.32. The number of aliphatic hydroxyl groups excluding tert-OH is 4. The van der Waals surface area contributed by atoms with Crippen LogP contribution in [0.2, 0.25) is 0 Å². The summed E-state index contributed by atoms with van der Waals surface area (Å²) in [5.74, 6) is -0.0914. The third kappa shape index (κ3) is 2.96. The van der Waals surface area contributed by atoms with Gasteiger partial charge >= 0.3 is 5.97 Å². The van der Waals surface area contributed by atoms with Crippen LogP contribution in [0.4, 0.5) is 0 Å². The van der Waals surface area contributed by atoms with Crippen LogP contribution in [0.25, 0.3) is 0 Å². The highest BCUT2D eigenvalue weighted by atomic mass is 16.4. The van der Waals surface area contributed by atoms with Crippen LogP contribution in [0, 0.1) is 56.7 Å². The maximum Gasteiger partial charge on any atom is 0.310 e. The monoisotopic (exact) mass is 504 g/mol. The molecule has 0 aromatic carbocycles. The van der Waals surface area contributed by atoms with Gasteiger partial charge in [-0.05, 0) is 84.9 Å². The molecule has 0 heterocycles. The van der Waals surface area contributed by atoms with Crippen molar-refractivity contribution in [1.82, 2.24) is 0 Å². The van der Waals surface area contributed by atoms with Crippen LogP contribution in [-0.4, -0.2) is 56.4 Å². The summed E-state index contributed by atoms with van der Waals surface area (Å²) in [7, 11) is 0. The van der Waals surface area contributed by atoms with Gasteiger partial charge in [0.1, 0.15) is 0 Å². The van der Waals surface area contributed by atoms with Crippen LogP contribution in [-0.2, 0) is 4.79 Å². The Labute approximate surface area is 216 Å². The number of rotatable bonds is 2. The van der Waals surface area contributed by atoms with Gasteiger partial charge in [0.15, 0.2) is 0 Å². The zero-order valence-electron chi connectivity index (χ0n) is 23.0. The molecule has 0 amide bonds. The largest absolute Gasteiger partial charge is 0.481 e. The van der Waals surface area contributed by atoms with Gasteiger partial charge < -0.3 is 25.5 Å². The third-order valence-electron chi connectivity index (χ3n) is 13.4. The van der Waals surface area contributed by atoms with E-state index in [-0.39, 0.29) is 41.1 Å². The predicted octanol–water partition coefficient (Wildman–Crippen LogP) is 4.00. The van der Waals surface area contributed by atoms with E-state index in [2.05, 4.69) is 40.7 Å². The highest BCUT2D eigenvalue weighted by Gasteiger charge is 2.72. The van der Waals surface area contributed by atoms with E-state index in [0.29, 0.717) is 25.2 Å². The third-order valence-corrected chi connectivity index (χ3v) is 13.4. The van der Waals surface area contributed by atoms with Crippen molar-refractivity contribution in [2.45, 2.75) is 105 Å². The van der Waals surface area contributed by atoms with Gasteiger partial charge in [-0.25, -0.2) is 0 Å². The molecule has 13 atom stereocenters. The average molecular weight is 505 g/mol. The van der Waals surface area contributed by atoms with Crippen LogP contribution in [0.15, 0.2) is 11.6 Å². The molecule has 0 saturated heterocycles. The molecule has 36 heavy (non-hydrogen) atoms. The van der Waals surface area contributed by atoms with E-state index in [1.54, 1.807) is 0 Å². The Bertz CT molecular complexity index is 963. The lowest BCUT2D eigenvalue weighted by Crippen LogP contribution is -2.71. The van der Waals surface area contributed by atoms with E-state index in [1.165, 1.54) is 5.57 Å². The molecule has 5 rings (SSSR count). The van der Waals surface area contributed by atoms with Gasteiger partial charge in [0, 0.05) is 11.3 Å². The second-order valence-corrected chi connectivity index (χ2v) is 14.6. The van der Waals surface area contributed by atoms with Gasteiger partial charge in [-0.3, -0.25) is 4.79 Å². The van der Waals surface area contributed by atoms with Crippen molar-refractivity contribution in [3.05, 3.63) is 11.6 Å². The predicted molar refractivity (Wildman–Crippen MR) is 137 cm³/mol. The fourth-order valence-corrected chi connectivity index (χ4v) is 11.2. The van der Waals surface area contributed by atoms with Crippen molar-refractivity contribution in [1.29, 1.82) is 0 Å². The summed E-state index contributed by atoms with van der Waals surface area (Å²) < 4.78 is 0. The lowest BCUT2D eigenvalue weighted by molar-refractivity contribution is -0.273. The van der Waals surface area contributed by atoms with Crippen molar-refractivity contribution in [3.8, 4) is 0 Å². The molecule has 4 saturated carbocycles. The molecule has 6 nitrogen and oxygen atoms in total. The Balaban J connectivity index is 1.65. The van der Waals surface area contributed by atoms with E-state index in [9.17, 15) is 30.3 Å². The topological polar surface area (TPSA) is 118 Å². The molecule has 0 spiro atoms. The van der Waals surface area contributed by atoms with Crippen LogP contribution in [0.1, 0.15) is 86.5 Å². The number of aliphatic hydroxyl groups is 4. The summed E-state index contributed by atoms with van der Waals surface area (Å²) in [6, 6.07) is 0. The lowest BCUT2D eigenvalue weighted by Gasteiger charge is -2.72. The Morgan fingerprint density at radius 1 is 1.00 bits per heavy atom. The Kier molecular flexibility index (Phi) is 5.95. The standard InChI is InChI=1S/C30H48O6/c1-16-9-10-30(25(35)36)12-11-28(5)18(22(30)17(16)2)7-8-21-26(3)13-20(33)24(34)27(4,15-31)23(26)19(32)14-29(21,28)6/h7,16-17,19-24,31-34H,8-15H2,1-6H3,(H,35,36)/t16-,17-,19+,20-,21+,22-,23+,24-,26+,27+,28+,29+,30-/m0/s1. The van der Waals surface area contributed by atoms with Crippen LogP contribution >= 0.6 is 0 Å². The molecule has 4 fully saturated rings. The first-order valence-corrected chi connectivity index (χ1v) is 14.2. The van der Waals surface area contributed by atoms with Crippen molar-refractivity contribution >= 4 is 5.97 Å². The molecule has 5 aliphatic rings. The fraction of sp³-hybridized carbons (Fsp3) is 0.900. The maximum absolute atomic E-state index is 12.8. The fourth-order valence-electron chi connectivity index (χ4n) is 11.2. The summed E-state index contributed by atoms with van der Waals surface area (Å²) in [5.41, 5.74) is -1.41. The number of hydrogen-bond acceptors (Lipinski definition) is 5. The summed E-state index contributed by atoms with van der Waals surface area (Å²) in [5, 5.41) is 54.7. The van der Waals surface area contributed by atoms with E-state index >= 15 is 0 Å². The highest BCUT2D eigenvalue weighted by Crippen LogP contribution is 2.75. The Morgan fingerprint density at radius 2 is 1.67 bits per heavy atom. The second-order valence-electron chi connectivity index (χ2n) is 14.6. The number of hydrogen-bond donors (Lipinski definition) is 5. The molecule has 0 aromatic rings. The van der Waals surface area contributed by atoms with Gasteiger partial charge in [-0.15, -0.1) is 0 Å². The average Bonchev–Trinajstić information content (AvgIpc) is 2.80. The first-order chi connectivity index (χ1) is 16.6. The molecule has 0 unspecified atom stereocenters. The molecule has 0 aliphatic heterocycles. The summed E-state index contributed by atoms with van der Waals surface area (Å²) in [6.45, 7) is 12.8. The van der Waals surface area contributed by atoms with Crippen molar-refractivity contribution in [2.75, 3.05) is 6.61 Å². The molecule has 5 N–H and O–H groups in total. The Morgan fingerprint density at radius 3 is 2.28 bits per heavy atom. The van der Waals surface area contributed by atoms with E-state index in [4.69, 9.17) is 0 Å². The minimum Gasteiger partial charge on any atom is -0.481 e. The Hall–Kier alpha value is -0.950. The molecule has 0 aromatic heterocycles. The maximum atomic E-state index is 12.8. The van der Waals surface area contributed by atoms with Crippen LogP contribution in [0.5, 0.6) is 0 Å². The molecule has 0 bridgehead atoms. The zero-order valence-corrected chi connectivity index (χ0v) is 23.0. The molecule has 204 valence electrons. The van der Waals surface area contributed by atoms with E-state index < -0.39 is 40.5 Å². The van der Waals surface area contributed by atoms with Gasteiger partial charge in [-0.2, -0.15) is 0 Å². The number of carbonyl (C=O) groups is 1. The number of carboxylic acids is 1. The zero-order chi connectivity index (χ0) is 26.6. The van der Waals surface area contributed by atoms with E-state index in [1.807, 2.05) is 6.92 Å².